The molecule has 2 fully saturated rings. The highest BCUT2D eigenvalue weighted by atomic mass is 16.2. The maximum absolute atomic E-state index is 11.9. The van der Waals surface area contributed by atoms with Crippen LogP contribution < -0.4 is 11.1 Å². The number of piperidine rings is 1. The highest BCUT2D eigenvalue weighted by molar-refractivity contribution is 5.81. The number of unbranched alkanes of at least 4 members (excludes halogenated alkanes) is 3. The molecule has 1 saturated carbocycles. The third-order valence-electron chi connectivity index (χ3n) is 4.46. The molecule has 0 aromatic rings. The number of amides is 2. The predicted octanol–water partition coefficient (Wildman–Crippen LogP) is 1.41. The number of carbonyl (C=O) groups excluding carboxylic acids is 2. The van der Waals surface area contributed by atoms with E-state index in [1.165, 1.54) is 0 Å². The fourth-order valence-corrected chi connectivity index (χ4v) is 2.92. The quantitative estimate of drug-likeness (QED) is 0.665. The summed E-state index contributed by atoms with van der Waals surface area (Å²) in [7, 11) is 0. The van der Waals surface area contributed by atoms with Crippen molar-refractivity contribution in [2.24, 2.45) is 11.7 Å². The van der Waals surface area contributed by atoms with Crippen LogP contribution >= 0.6 is 0 Å². The summed E-state index contributed by atoms with van der Waals surface area (Å²) in [5.74, 6) is 0.805. The van der Waals surface area contributed by atoms with Gasteiger partial charge in [-0.2, -0.15) is 0 Å². The smallest absolute Gasteiger partial charge is 0.225 e. The summed E-state index contributed by atoms with van der Waals surface area (Å²) in [6, 6.07) is 0.254. The first-order valence-corrected chi connectivity index (χ1v) is 8.49. The van der Waals surface area contributed by atoms with E-state index in [4.69, 9.17) is 5.73 Å². The Balaban J connectivity index is 1.55. The molecule has 1 saturated heterocycles. The number of nitrogens with zero attached hydrogens (tertiary/aromatic N) is 1. The number of nitrogens with two attached hydrogens (primary N) is 1. The lowest BCUT2D eigenvalue weighted by Crippen LogP contribution is -2.46. The Morgan fingerprint density at radius 2 is 1.67 bits per heavy atom. The molecule has 0 spiro atoms. The summed E-state index contributed by atoms with van der Waals surface area (Å²) < 4.78 is 0. The lowest BCUT2D eigenvalue weighted by atomic mass is 10.0. The van der Waals surface area contributed by atoms with Gasteiger partial charge >= 0.3 is 0 Å². The highest BCUT2D eigenvalue weighted by Gasteiger charge is 2.34. The van der Waals surface area contributed by atoms with E-state index >= 15 is 0 Å². The van der Waals surface area contributed by atoms with E-state index in [0.29, 0.717) is 18.2 Å². The van der Waals surface area contributed by atoms with Gasteiger partial charge in [-0.05, 0) is 45.1 Å². The average Bonchev–Trinajstić information content (AvgIpc) is 3.32. The van der Waals surface area contributed by atoms with Gasteiger partial charge in [0.2, 0.25) is 11.8 Å². The molecule has 21 heavy (non-hydrogen) atoms. The maximum Gasteiger partial charge on any atom is 0.225 e. The summed E-state index contributed by atoms with van der Waals surface area (Å²) in [5.41, 5.74) is 5.44. The molecule has 0 radical (unpaired) electrons. The van der Waals surface area contributed by atoms with Crippen molar-refractivity contribution < 1.29 is 9.59 Å². The second-order valence-corrected chi connectivity index (χ2v) is 6.39. The summed E-state index contributed by atoms with van der Waals surface area (Å²) in [5, 5.41) is 3.11. The van der Waals surface area contributed by atoms with Crippen molar-refractivity contribution in [1.82, 2.24) is 10.2 Å². The standard InChI is InChI=1S/C16H29N3O2/c17-10-4-2-1-3-5-15(20)18-14-8-11-19(12-9-14)16(21)13-6-7-13/h13-14H,1-12,17H2,(H,18,20). The van der Waals surface area contributed by atoms with E-state index in [0.717, 1.165) is 71.0 Å². The molecule has 2 aliphatic rings. The molecule has 1 heterocycles. The van der Waals surface area contributed by atoms with Crippen LogP contribution in [0.1, 0.15) is 57.8 Å². The van der Waals surface area contributed by atoms with Crippen LogP contribution in [-0.4, -0.2) is 42.4 Å². The molecule has 3 N–H and O–H groups in total. The van der Waals surface area contributed by atoms with Crippen molar-refractivity contribution >= 4 is 11.8 Å². The van der Waals surface area contributed by atoms with Gasteiger partial charge in [0.05, 0.1) is 0 Å². The molecule has 1 aliphatic heterocycles. The minimum absolute atomic E-state index is 0.162. The molecule has 2 rings (SSSR count). The van der Waals surface area contributed by atoms with Gasteiger partial charge in [-0.3, -0.25) is 9.59 Å². The summed E-state index contributed by atoms with van der Waals surface area (Å²) in [4.78, 5) is 25.8. The number of rotatable bonds is 8. The maximum atomic E-state index is 11.9. The summed E-state index contributed by atoms with van der Waals surface area (Å²) in [6.45, 7) is 2.35. The molecule has 0 bridgehead atoms. The van der Waals surface area contributed by atoms with Crippen LogP contribution in [0.4, 0.5) is 0 Å². The molecule has 120 valence electrons. The topological polar surface area (TPSA) is 75.4 Å². The number of nitrogens with one attached hydrogen (secondary N) is 1. The Labute approximate surface area is 127 Å². The molecule has 1 aliphatic carbocycles. The Hall–Kier alpha value is -1.10. The minimum Gasteiger partial charge on any atom is -0.353 e. The Morgan fingerprint density at radius 1 is 1.00 bits per heavy atom. The van der Waals surface area contributed by atoms with Crippen molar-refractivity contribution in [3.8, 4) is 0 Å². The second-order valence-electron chi connectivity index (χ2n) is 6.39. The molecule has 2 amide bonds. The van der Waals surface area contributed by atoms with Gasteiger partial charge in [0.15, 0.2) is 0 Å². The zero-order chi connectivity index (χ0) is 15.1. The largest absolute Gasteiger partial charge is 0.353 e. The van der Waals surface area contributed by atoms with Gasteiger partial charge in [-0.15, -0.1) is 0 Å². The van der Waals surface area contributed by atoms with E-state index in [1.54, 1.807) is 0 Å². The van der Waals surface area contributed by atoms with E-state index in [9.17, 15) is 9.59 Å². The first-order valence-electron chi connectivity index (χ1n) is 8.49. The minimum atomic E-state index is 0.162. The second kappa shape index (κ2) is 8.37. The monoisotopic (exact) mass is 295 g/mol. The van der Waals surface area contributed by atoms with Crippen LogP contribution in [-0.2, 0) is 9.59 Å². The van der Waals surface area contributed by atoms with Crippen LogP contribution in [0, 0.1) is 5.92 Å². The van der Waals surface area contributed by atoms with Crippen LogP contribution in [0.15, 0.2) is 0 Å². The number of hydrogen-bond donors (Lipinski definition) is 2. The van der Waals surface area contributed by atoms with Crippen LogP contribution in [0.5, 0.6) is 0 Å². The SMILES string of the molecule is NCCCCCCC(=O)NC1CCN(C(=O)C2CC2)CC1. The fraction of sp³-hybridized carbons (Fsp3) is 0.875. The van der Waals surface area contributed by atoms with Crippen molar-refractivity contribution in [2.45, 2.75) is 63.8 Å². The third-order valence-corrected chi connectivity index (χ3v) is 4.46. The van der Waals surface area contributed by atoms with E-state index < -0.39 is 0 Å². The number of hydrogen-bond acceptors (Lipinski definition) is 3. The first kappa shape index (κ1) is 16.3. The van der Waals surface area contributed by atoms with E-state index in [1.807, 2.05) is 4.90 Å². The lowest BCUT2D eigenvalue weighted by molar-refractivity contribution is -0.133. The Bertz CT molecular complexity index is 347. The summed E-state index contributed by atoms with van der Waals surface area (Å²) >= 11 is 0. The van der Waals surface area contributed by atoms with Gasteiger partial charge in [0.1, 0.15) is 0 Å². The van der Waals surface area contributed by atoms with Crippen LogP contribution in [0.25, 0.3) is 0 Å². The van der Waals surface area contributed by atoms with Crippen LogP contribution in [0.2, 0.25) is 0 Å². The molecule has 5 heteroatoms. The molecule has 0 unspecified atom stereocenters. The fourth-order valence-electron chi connectivity index (χ4n) is 2.92. The molecule has 5 nitrogen and oxygen atoms in total. The normalized spacial score (nSPS) is 19.6. The van der Waals surface area contributed by atoms with Gasteiger partial charge in [-0.1, -0.05) is 12.8 Å². The van der Waals surface area contributed by atoms with Gasteiger partial charge in [-0.25, -0.2) is 0 Å². The average molecular weight is 295 g/mol. The van der Waals surface area contributed by atoms with Crippen molar-refractivity contribution in [3.63, 3.8) is 0 Å². The molecule has 0 aromatic heterocycles. The Morgan fingerprint density at radius 3 is 2.29 bits per heavy atom. The molecule has 0 aromatic carbocycles. The van der Waals surface area contributed by atoms with E-state index in [2.05, 4.69) is 5.32 Å². The number of carbonyl (C=O) groups is 2. The molecule has 0 atom stereocenters. The Kier molecular flexibility index (Phi) is 6.49. The van der Waals surface area contributed by atoms with E-state index in [-0.39, 0.29) is 11.9 Å². The number of likely N-dealkylation sites (tertiary alicyclic amines) is 1. The van der Waals surface area contributed by atoms with Crippen molar-refractivity contribution in [1.29, 1.82) is 0 Å². The molecular formula is C16H29N3O2. The highest BCUT2D eigenvalue weighted by Crippen LogP contribution is 2.31. The zero-order valence-electron chi connectivity index (χ0n) is 13.0. The predicted molar refractivity (Wildman–Crippen MR) is 82.6 cm³/mol. The van der Waals surface area contributed by atoms with Gasteiger partial charge in [0, 0.05) is 31.5 Å². The van der Waals surface area contributed by atoms with Gasteiger partial charge < -0.3 is 16.0 Å². The summed E-state index contributed by atoms with van der Waals surface area (Å²) in [6.07, 6.45) is 8.75. The van der Waals surface area contributed by atoms with Crippen molar-refractivity contribution in [3.05, 3.63) is 0 Å². The third kappa shape index (κ3) is 5.65. The van der Waals surface area contributed by atoms with Crippen LogP contribution in [0.3, 0.4) is 0 Å². The van der Waals surface area contributed by atoms with Crippen molar-refractivity contribution in [2.75, 3.05) is 19.6 Å². The first-order chi connectivity index (χ1) is 10.2. The van der Waals surface area contributed by atoms with Gasteiger partial charge in [0.25, 0.3) is 0 Å². The zero-order valence-corrected chi connectivity index (χ0v) is 13.0. The lowest BCUT2D eigenvalue weighted by Gasteiger charge is -2.32. The molecular weight excluding hydrogens is 266 g/mol.